The summed E-state index contributed by atoms with van der Waals surface area (Å²) in [4.78, 5) is 8.51. The van der Waals surface area contributed by atoms with Crippen LogP contribution in [0.2, 0.25) is 0 Å². The van der Waals surface area contributed by atoms with Crippen molar-refractivity contribution in [1.82, 2.24) is 10.3 Å². The summed E-state index contributed by atoms with van der Waals surface area (Å²) in [6.07, 6.45) is 17.7. The zero-order valence-electron chi connectivity index (χ0n) is 26.6. The summed E-state index contributed by atoms with van der Waals surface area (Å²) in [5, 5.41) is 3.91. The number of nitrogens with one attached hydrogen (secondary N) is 1. The van der Waals surface area contributed by atoms with Crippen LogP contribution in [0.25, 0.3) is 10.4 Å². The second kappa shape index (κ2) is 16.1. The lowest BCUT2D eigenvalue weighted by Crippen LogP contribution is -2.33. The van der Waals surface area contributed by atoms with Gasteiger partial charge < -0.3 is 10.2 Å². The fourth-order valence-electron chi connectivity index (χ4n) is 6.79. The number of aryl methyl sites for hydroxylation is 3. The predicted octanol–water partition coefficient (Wildman–Crippen LogP) is 10.5. The molecule has 0 radical (unpaired) electrons. The van der Waals surface area contributed by atoms with Crippen molar-refractivity contribution < 1.29 is 0 Å². The summed E-state index contributed by atoms with van der Waals surface area (Å²) < 4.78 is 0. The summed E-state index contributed by atoms with van der Waals surface area (Å²) in [5.74, 6) is 2.06. The van der Waals surface area contributed by atoms with Crippen molar-refractivity contribution in [2.45, 2.75) is 97.3 Å². The van der Waals surface area contributed by atoms with Crippen molar-refractivity contribution in [2.24, 2.45) is 11.8 Å². The molecule has 3 aromatic rings. The van der Waals surface area contributed by atoms with Crippen molar-refractivity contribution in [1.29, 1.82) is 0 Å². The number of aromatic nitrogens is 1. The molecular formula is C38H53N3S. The largest absolute Gasteiger partial charge is 0.394 e. The van der Waals surface area contributed by atoms with E-state index in [9.17, 15) is 0 Å². The van der Waals surface area contributed by atoms with Crippen LogP contribution in [0, 0.1) is 18.8 Å². The second-order valence-corrected chi connectivity index (χ2v) is 13.3. The van der Waals surface area contributed by atoms with E-state index in [2.05, 4.69) is 91.2 Å². The van der Waals surface area contributed by atoms with Gasteiger partial charge in [-0.3, -0.25) is 0 Å². The van der Waals surface area contributed by atoms with Gasteiger partial charge in [0.25, 0.3) is 0 Å². The molecule has 2 fully saturated rings. The lowest BCUT2D eigenvalue weighted by Gasteiger charge is -2.38. The average Bonchev–Trinajstić information content (AvgIpc) is 3.54. The molecule has 3 nitrogen and oxygen atoms in total. The van der Waals surface area contributed by atoms with Crippen molar-refractivity contribution in [3.05, 3.63) is 95.4 Å². The zero-order valence-corrected chi connectivity index (χ0v) is 27.4. The number of nitrogens with zero attached hydrogens (tertiary/aromatic N) is 2. The van der Waals surface area contributed by atoms with Crippen LogP contribution < -0.4 is 10.2 Å². The Kier molecular flexibility index (Phi) is 12.3. The van der Waals surface area contributed by atoms with Gasteiger partial charge in [0.2, 0.25) is 0 Å². The highest BCUT2D eigenvalue weighted by Crippen LogP contribution is 2.40. The number of benzene rings is 2. The highest BCUT2D eigenvalue weighted by molar-refractivity contribution is 7.15. The minimum Gasteiger partial charge on any atom is -0.394 e. The monoisotopic (exact) mass is 583 g/mol. The van der Waals surface area contributed by atoms with E-state index < -0.39 is 0 Å². The summed E-state index contributed by atoms with van der Waals surface area (Å²) in [6, 6.07) is 16.4. The number of rotatable bonds is 10. The van der Waals surface area contributed by atoms with E-state index in [0.29, 0.717) is 11.8 Å². The molecule has 1 aromatic heterocycles. The van der Waals surface area contributed by atoms with Crippen LogP contribution in [0.4, 0.5) is 5.69 Å². The van der Waals surface area contributed by atoms with E-state index in [1.807, 2.05) is 18.4 Å². The van der Waals surface area contributed by atoms with Crippen LogP contribution in [0.3, 0.4) is 0 Å². The molecule has 5 rings (SSSR count). The Bertz CT molecular complexity index is 1280. The smallest absolute Gasteiger partial charge is 0.0928 e. The van der Waals surface area contributed by atoms with Crippen LogP contribution in [0.15, 0.2) is 73.7 Å². The number of thiazole rings is 1. The lowest BCUT2D eigenvalue weighted by molar-refractivity contribution is 0.323. The lowest BCUT2D eigenvalue weighted by atomic mass is 9.77. The fraction of sp³-hybridized carbons (Fsp3) is 0.500. The Morgan fingerprint density at radius 3 is 2.36 bits per heavy atom. The molecule has 226 valence electrons. The first-order valence-electron chi connectivity index (χ1n) is 16.4. The third-order valence-corrected chi connectivity index (χ3v) is 10.6. The molecule has 0 spiro atoms. The SMILES string of the molecule is C=C(C1CCCCC1)N(CC1CCC(c2ccc(CC)c(C)c2)CC1)c1cccc(-c2cnc(CC)s2)c1.C=CNC. The molecule has 1 heterocycles. The van der Waals surface area contributed by atoms with Gasteiger partial charge in [-0.15, -0.1) is 11.3 Å². The average molecular weight is 584 g/mol. The fourth-order valence-corrected chi connectivity index (χ4v) is 7.64. The van der Waals surface area contributed by atoms with Gasteiger partial charge in [-0.05, 0) is 117 Å². The minimum absolute atomic E-state index is 0.624. The first kappa shape index (κ1) is 32.1. The molecule has 2 aliphatic carbocycles. The quantitative estimate of drug-likeness (QED) is 0.257. The molecule has 0 saturated heterocycles. The van der Waals surface area contributed by atoms with Gasteiger partial charge in [-0.1, -0.05) is 76.6 Å². The molecule has 4 heteroatoms. The Morgan fingerprint density at radius 1 is 1.00 bits per heavy atom. The Hall–Kier alpha value is -2.85. The number of anilines is 1. The number of hydrogen-bond acceptors (Lipinski definition) is 4. The summed E-state index contributed by atoms with van der Waals surface area (Å²) in [5.41, 5.74) is 8.48. The Balaban J connectivity index is 0.000000952. The standard InChI is InChI=1S/C35H46N2S.C3H7N/c1-5-28-19-20-31(21-25(28)3)30-17-15-27(16-18-30)24-37(26(4)29-11-8-7-9-12-29)33-14-10-13-32(22-33)34-23-36-35(6-2)38-34;1-3-4-2/h10,13-14,19-23,27,29-30H,4-9,11-12,15-18,24H2,1-3H3;3-4H,1H2,2H3. The van der Waals surface area contributed by atoms with Crippen LogP contribution in [-0.4, -0.2) is 18.6 Å². The molecule has 2 saturated carbocycles. The summed E-state index contributed by atoms with van der Waals surface area (Å²) in [7, 11) is 1.81. The topological polar surface area (TPSA) is 28.2 Å². The maximum Gasteiger partial charge on any atom is 0.0928 e. The molecular weight excluding hydrogens is 531 g/mol. The normalized spacial score (nSPS) is 19.0. The number of hydrogen-bond donors (Lipinski definition) is 1. The van der Waals surface area contributed by atoms with E-state index in [1.54, 1.807) is 11.8 Å². The molecule has 0 aliphatic heterocycles. The van der Waals surface area contributed by atoms with E-state index in [-0.39, 0.29) is 0 Å². The van der Waals surface area contributed by atoms with Crippen molar-refractivity contribution in [2.75, 3.05) is 18.5 Å². The van der Waals surface area contributed by atoms with Crippen molar-refractivity contribution in [3.8, 4) is 10.4 Å². The summed E-state index contributed by atoms with van der Waals surface area (Å²) >= 11 is 1.83. The molecule has 2 aromatic carbocycles. The van der Waals surface area contributed by atoms with E-state index in [1.165, 1.54) is 95.7 Å². The summed E-state index contributed by atoms with van der Waals surface area (Å²) in [6.45, 7) is 15.9. The maximum absolute atomic E-state index is 4.75. The van der Waals surface area contributed by atoms with Crippen LogP contribution in [0.1, 0.15) is 99.3 Å². The van der Waals surface area contributed by atoms with Crippen molar-refractivity contribution >= 4 is 17.0 Å². The predicted molar refractivity (Wildman–Crippen MR) is 185 cm³/mol. The van der Waals surface area contributed by atoms with E-state index in [4.69, 9.17) is 6.58 Å². The van der Waals surface area contributed by atoms with Crippen LogP contribution in [0.5, 0.6) is 0 Å². The zero-order chi connectivity index (χ0) is 29.9. The molecule has 0 atom stereocenters. The third-order valence-electron chi connectivity index (χ3n) is 9.43. The minimum atomic E-state index is 0.624. The number of allylic oxidation sites excluding steroid dienone is 1. The van der Waals surface area contributed by atoms with Gasteiger partial charge in [0.15, 0.2) is 0 Å². The highest BCUT2D eigenvalue weighted by atomic mass is 32.1. The van der Waals surface area contributed by atoms with Gasteiger partial charge in [-0.2, -0.15) is 0 Å². The van der Waals surface area contributed by atoms with Gasteiger partial charge in [-0.25, -0.2) is 4.98 Å². The Morgan fingerprint density at radius 2 is 1.74 bits per heavy atom. The van der Waals surface area contributed by atoms with Gasteiger partial charge in [0.1, 0.15) is 0 Å². The van der Waals surface area contributed by atoms with Gasteiger partial charge >= 0.3 is 0 Å². The van der Waals surface area contributed by atoms with E-state index >= 15 is 0 Å². The van der Waals surface area contributed by atoms with Crippen LogP contribution in [-0.2, 0) is 12.8 Å². The van der Waals surface area contributed by atoms with Crippen LogP contribution >= 0.6 is 11.3 Å². The molecule has 1 N–H and O–H groups in total. The van der Waals surface area contributed by atoms with Gasteiger partial charge in [0.05, 0.1) is 9.88 Å². The highest BCUT2D eigenvalue weighted by Gasteiger charge is 2.28. The molecule has 2 aliphatic rings. The molecule has 0 bridgehead atoms. The van der Waals surface area contributed by atoms with E-state index in [0.717, 1.165) is 25.3 Å². The second-order valence-electron chi connectivity index (χ2n) is 12.2. The molecule has 0 unspecified atom stereocenters. The molecule has 42 heavy (non-hydrogen) atoms. The maximum atomic E-state index is 4.75. The first-order valence-corrected chi connectivity index (χ1v) is 17.2. The third kappa shape index (κ3) is 8.37. The Labute approximate surface area is 260 Å². The van der Waals surface area contributed by atoms with Gasteiger partial charge in [0, 0.05) is 31.2 Å². The molecule has 0 amide bonds. The first-order chi connectivity index (χ1) is 20.5. The van der Waals surface area contributed by atoms with Crippen molar-refractivity contribution in [3.63, 3.8) is 0 Å².